The van der Waals surface area contributed by atoms with Gasteiger partial charge < -0.3 is 4.57 Å². The monoisotopic (exact) mass is 286 g/mol. The van der Waals surface area contributed by atoms with Gasteiger partial charge in [0.05, 0.1) is 4.90 Å². The van der Waals surface area contributed by atoms with Crippen LogP contribution in [0.5, 0.6) is 0 Å². The minimum Gasteiger partial charge on any atom is -0.324 e. The van der Waals surface area contributed by atoms with Gasteiger partial charge in [0.25, 0.3) is 10.0 Å². The number of rotatable bonds is 2. The molecule has 0 unspecified atom stereocenters. The molecule has 0 fully saturated rings. The molecule has 0 atom stereocenters. The summed E-state index contributed by atoms with van der Waals surface area (Å²) in [7, 11) is -2.05. The maximum absolute atomic E-state index is 12.7. The molecule has 0 aliphatic rings. The summed E-state index contributed by atoms with van der Waals surface area (Å²) >= 11 is 1.24. The second-order valence-electron chi connectivity index (χ2n) is 3.74. The highest BCUT2D eigenvalue weighted by Crippen LogP contribution is 2.12. The molecule has 1 heterocycles. The van der Waals surface area contributed by atoms with Gasteiger partial charge in [-0.15, -0.1) is 15.7 Å². The zero-order valence-corrected chi connectivity index (χ0v) is 11.4. The van der Waals surface area contributed by atoms with Crippen molar-refractivity contribution >= 4 is 21.4 Å². The second kappa shape index (κ2) is 4.66. The second-order valence-corrected chi connectivity index (χ2v) is 6.18. The van der Waals surface area contributed by atoms with Crippen LogP contribution in [0.15, 0.2) is 38.9 Å². The topological polar surface area (TPSA) is 51.4 Å². The van der Waals surface area contributed by atoms with E-state index in [4.69, 9.17) is 0 Å². The Kier molecular flexibility index (Phi) is 3.36. The first-order chi connectivity index (χ1) is 8.40. The number of nitrogens with zero attached hydrogens (tertiary/aromatic N) is 2. The SMILES string of the molecule is Cc1csc(=NS(=O)(=O)c2ccc(F)cc2)n1C. The molecule has 4 nitrogen and oxygen atoms in total. The number of hydrogen-bond donors (Lipinski definition) is 0. The minimum absolute atomic E-state index is 0.0186. The van der Waals surface area contributed by atoms with E-state index in [1.165, 1.54) is 23.5 Å². The summed E-state index contributed by atoms with van der Waals surface area (Å²) in [5.74, 6) is -0.480. The standard InChI is InChI=1S/C11H11FN2O2S2/c1-8-7-17-11(14(8)2)13-18(15,16)10-5-3-9(12)4-6-10/h3-7H,1-2H3. The molecule has 18 heavy (non-hydrogen) atoms. The highest BCUT2D eigenvalue weighted by Gasteiger charge is 2.13. The zero-order chi connectivity index (χ0) is 13.3. The van der Waals surface area contributed by atoms with E-state index in [2.05, 4.69) is 4.40 Å². The first-order valence-electron chi connectivity index (χ1n) is 5.08. The molecule has 1 aromatic carbocycles. The Balaban J connectivity index is 2.54. The van der Waals surface area contributed by atoms with Crippen molar-refractivity contribution in [1.29, 1.82) is 0 Å². The molecule has 0 radical (unpaired) electrons. The van der Waals surface area contributed by atoms with Gasteiger partial charge in [0.2, 0.25) is 4.80 Å². The lowest BCUT2D eigenvalue weighted by Gasteiger charge is -1.98. The van der Waals surface area contributed by atoms with Crippen LogP contribution in [0.2, 0.25) is 0 Å². The van der Waals surface area contributed by atoms with Crippen LogP contribution in [0.4, 0.5) is 4.39 Å². The van der Waals surface area contributed by atoms with Crippen LogP contribution < -0.4 is 4.80 Å². The van der Waals surface area contributed by atoms with Gasteiger partial charge in [-0.25, -0.2) is 4.39 Å². The molecule has 0 saturated carbocycles. The normalized spacial score (nSPS) is 12.9. The Morgan fingerprint density at radius 3 is 2.39 bits per heavy atom. The van der Waals surface area contributed by atoms with Gasteiger partial charge in [0.15, 0.2) is 0 Å². The molecule has 0 bridgehead atoms. The van der Waals surface area contributed by atoms with Crippen LogP contribution in [0, 0.1) is 12.7 Å². The quantitative estimate of drug-likeness (QED) is 0.845. The Morgan fingerprint density at radius 1 is 1.28 bits per heavy atom. The highest BCUT2D eigenvalue weighted by molar-refractivity contribution is 7.90. The summed E-state index contributed by atoms with van der Waals surface area (Å²) in [6.07, 6.45) is 0. The average molecular weight is 286 g/mol. The molecule has 2 rings (SSSR count). The number of sulfonamides is 1. The van der Waals surface area contributed by atoms with Crippen LogP contribution >= 0.6 is 11.3 Å². The number of aromatic nitrogens is 1. The van der Waals surface area contributed by atoms with Crippen molar-refractivity contribution in [1.82, 2.24) is 4.57 Å². The summed E-state index contributed by atoms with van der Waals surface area (Å²) in [4.78, 5) is 0.367. The van der Waals surface area contributed by atoms with Crippen LogP contribution in [0.1, 0.15) is 5.69 Å². The van der Waals surface area contributed by atoms with Crippen LogP contribution in [-0.4, -0.2) is 13.0 Å². The van der Waals surface area contributed by atoms with Gasteiger partial charge in [-0.05, 0) is 31.2 Å². The summed E-state index contributed by atoms with van der Waals surface area (Å²) in [5, 5.41) is 1.82. The lowest BCUT2D eigenvalue weighted by molar-refractivity contribution is 0.594. The Labute approximate surface area is 108 Å². The molecule has 0 N–H and O–H groups in total. The number of hydrogen-bond acceptors (Lipinski definition) is 3. The van der Waals surface area contributed by atoms with E-state index in [0.29, 0.717) is 4.80 Å². The van der Waals surface area contributed by atoms with Crippen molar-refractivity contribution in [2.75, 3.05) is 0 Å². The largest absolute Gasteiger partial charge is 0.324 e. The maximum Gasteiger partial charge on any atom is 0.285 e. The fraction of sp³-hybridized carbons (Fsp3) is 0.182. The molecule has 0 amide bonds. The number of thiazole rings is 1. The zero-order valence-electron chi connectivity index (χ0n) is 9.79. The third-order valence-corrected chi connectivity index (χ3v) is 4.89. The van der Waals surface area contributed by atoms with E-state index >= 15 is 0 Å². The smallest absolute Gasteiger partial charge is 0.285 e. The molecule has 1 aromatic heterocycles. The molecule has 2 aromatic rings. The minimum atomic E-state index is -3.79. The van der Waals surface area contributed by atoms with E-state index in [-0.39, 0.29) is 4.90 Å². The first-order valence-corrected chi connectivity index (χ1v) is 7.40. The maximum atomic E-state index is 12.7. The van der Waals surface area contributed by atoms with E-state index in [1.54, 1.807) is 11.6 Å². The fourth-order valence-electron chi connectivity index (χ4n) is 1.29. The first kappa shape index (κ1) is 13.0. The molecule has 0 spiro atoms. The third-order valence-electron chi connectivity index (χ3n) is 2.46. The van der Waals surface area contributed by atoms with E-state index < -0.39 is 15.8 Å². The highest BCUT2D eigenvalue weighted by atomic mass is 32.2. The van der Waals surface area contributed by atoms with Crippen molar-refractivity contribution in [3.8, 4) is 0 Å². The van der Waals surface area contributed by atoms with Crippen molar-refractivity contribution in [3.63, 3.8) is 0 Å². The molecule has 0 aliphatic heterocycles. The van der Waals surface area contributed by atoms with Crippen LogP contribution in [-0.2, 0) is 17.1 Å². The summed E-state index contributed by atoms with van der Waals surface area (Å²) in [6.45, 7) is 1.86. The van der Waals surface area contributed by atoms with Crippen molar-refractivity contribution in [2.24, 2.45) is 11.4 Å². The summed E-state index contributed by atoms with van der Waals surface area (Å²) in [6, 6.07) is 4.60. The summed E-state index contributed by atoms with van der Waals surface area (Å²) < 4.78 is 42.1. The molecule has 0 saturated heterocycles. The van der Waals surface area contributed by atoms with E-state index in [1.807, 2.05) is 12.3 Å². The predicted octanol–water partition coefficient (Wildman–Crippen LogP) is 1.82. The lowest BCUT2D eigenvalue weighted by atomic mass is 10.4. The Morgan fingerprint density at radius 2 is 1.89 bits per heavy atom. The molecular formula is C11H11FN2O2S2. The van der Waals surface area contributed by atoms with Gasteiger partial charge in [0.1, 0.15) is 5.82 Å². The van der Waals surface area contributed by atoms with Crippen molar-refractivity contribution in [3.05, 3.63) is 46.0 Å². The van der Waals surface area contributed by atoms with Gasteiger partial charge >= 0.3 is 0 Å². The van der Waals surface area contributed by atoms with Crippen LogP contribution in [0.25, 0.3) is 0 Å². The van der Waals surface area contributed by atoms with Crippen molar-refractivity contribution in [2.45, 2.75) is 11.8 Å². The average Bonchev–Trinajstić information content (AvgIpc) is 2.61. The van der Waals surface area contributed by atoms with Gasteiger partial charge in [0, 0.05) is 18.1 Å². The van der Waals surface area contributed by atoms with E-state index in [0.717, 1.165) is 17.8 Å². The van der Waals surface area contributed by atoms with Gasteiger partial charge in [-0.1, -0.05) is 0 Å². The Hall–Kier alpha value is -1.47. The number of halogens is 1. The number of benzene rings is 1. The third kappa shape index (κ3) is 2.51. The lowest BCUT2D eigenvalue weighted by Crippen LogP contribution is -2.14. The van der Waals surface area contributed by atoms with Gasteiger partial charge in [-0.2, -0.15) is 8.42 Å². The van der Waals surface area contributed by atoms with Crippen LogP contribution in [0.3, 0.4) is 0 Å². The Bertz CT molecular complexity index is 727. The van der Waals surface area contributed by atoms with Gasteiger partial charge in [-0.3, -0.25) is 0 Å². The van der Waals surface area contributed by atoms with E-state index in [9.17, 15) is 12.8 Å². The molecule has 7 heteroatoms. The predicted molar refractivity (Wildman–Crippen MR) is 67.2 cm³/mol. The fourth-order valence-corrected chi connectivity index (χ4v) is 3.41. The number of aryl methyl sites for hydroxylation is 1. The molecular weight excluding hydrogens is 275 g/mol. The van der Waals surface area contributed by atoms with Crippen molar-refractivity contribution < 1.29 is 12.8 Å². The molecule has 96 valence electrons. The summed E-state index contributed by atoms with van der Waals surface area (Å²) in [5.41, 5.74) is 0.924. The molecule has 0 aliphatic carbocycles.